The van der Waals surface area contributed by atoms with Crippen molar-refractivity contribution in [2.45, 2.75) is 25.1 Å². The number of ether oxygens (including phenoxy) is 1. The largest absolute Gasteiger partial charge is 0.394 e. The van der Waals surface area contributed by atoms with Gasteiger partial charge in [-0.3, -0.25) is 14.9 Å². The van der Waals surface area contributed by atoms with Crippen molar-refractivity contribution in [3.05, 3.63) is 39.9 Å². The molecular formula is C13H16N2O5. The number of hydrogen-bond acceptors (Lipinski definition) is 5. The summed E-state index contributed by atoms with van der Waals surface area (Å²) in [6.45, 7) is -0.188. The van der Waals surface area contributed by atoms with Crippen LogP contribution in [-0.2, 0) is 4.74 Å². The molecule has 0 spiro atoms. The van der Waals surface area contributed by atoms with Crippen LogP contribution < -0.4 is 0 Å². The van der Waals surface area contributed by atoms with Gasteiger partial charge in [0, 0.05) is 13.2 Å². The van der Waals surface area contributed by atoms with Gasteiger partial charge in [-0.25, -0.2) is 0 Å². The maximum Gasteiger partial charge on any atom is 0.282 e. The molecule has 20 heavy (non-hydrogen) atoms. The van der Waals surface area contributed by atoms with Crippen LogP contribution in [0.5, 0.6) is 0 Å². The third kappa shape index (κ3) is 2.50. The summed E-state index contributed by atoms with van der Waals surface area (Å²) in [4.78, 5) is 24.3. The Bertz CT molecular complexity index is 507. The lowest BCUT2D eigenvalue weighted by Crippen LogP contribution is -2.43. The van der Waals surface area contributed by atoms with E-state index in [2.05, 4.69) is 0 Å². The number of carbonyl (C=O) groups excluding carboxylic acids is 1. The molecule has 2 atom stereocenters. The van der Waals surface area contributed by atoms with Crippen molar-refractivity contribution in [2.75, 3.05) is 13.7 Å². The van der Waals surface area contributed by atoms with E-state index < -0.39 is 17.1 Å². The summed E-state index contributed by atoms with van der Waals surface area (Å²) in [5.74, 6) is -0.485. The normalized spacial score (nSPS) is 22.0. The molecule has 108 valence electrons. The van der Waals surface area contributed by atoms with E-state index in [1.807, 2.05) is 0 Å². The van der Waals surface area contributed by atoms with Crippen molar-refractivity contribution >= 4 is 11.6 Å². The molecule has 1 aliphatic rings. The lowest BCUT2D eigenvalue weighted by Gasteiger charge is -2.28. The van der Waals surface area contributed by atoms with Gasteiger partial charge >= 0.3 is 0 Å². The van der Waals surface area contributed by atoms with Gasteiger partial charge in [-0.15, -0.1) is 0 Å². The topological polar surface area (TPSA) is 92.9 Å². The molecule has 7 nitrogen and oxygen atoms in total. The lowest BCUT2D eigenvalue weighted by molar-refractivity contribution is -0.385. The van der Waals surface area contributed by atoms with Crippen LogP contribution >= 0.6 is 0 Å². The minimum atomic E-state index is -0.584. The summed E-state index contributed by atoms with van der Waals surface area (Å²) in [5.41, 5.74) is -0.226. The average molecular weight is 280 g/mol. The van der Waals surface area contributed by atoms with Gasteiger partial charge < -0.3 is 14.7 Å². The number of para-hydroxylation sites is 1. The van der Waals surface area contributed by atoms with Gasteiger partial charge in [0.25, 0.3) is 11.6 Å². The number of nitro benzene ring substituents is 1. The van der Waals surface area contributed by atoms with E-state index in [9.17, 15) is 20.0 Å². The number of aliphatic hydroxyl groups excluding tert-OH is 1. The molecule has 1 N–H and O–H groups in total. The number of hydrogen-bond donors (Lipinski definition) is 1. The SMILES string of the molecule is CO[C@H]1CC[C@@H](CO)N1C(=O)c1ccccc1[N+](=O)[O-]. The second-order valence-electron chi connectivity index (χ2n) is 4.59. The first-order valence-electron chi connectivity index (χ1n) is 6.30. The molecule has 0 aromatic heterocycles. The predicted molar refractivity (Wildman–Crippen MR) is 70.2 cm³/mol. The van der Waals surface area contributed by atoms with Crippen LogP contribution in [-0.4, -0.2) is 46.8 Å². The number of aliphatic hydroxyl groups is 1. The van der Waals surface area contributed by atoms with Gasteiger partial charge in [-0.05, 0) is 18.9 Å². The molecule has 1 aliphatic heterocycles. The maximum absolute atomic E-state index is 12.5. The molecule has 7 heteroatoms. The van der Waals surface area contributed by atoms with Gasteiger partial charge in [0.05, 0.1) is 17.6 Å². The number of methoxy groups -OCH3 is 1. The standard InChI is InChI=1S/C13H16N2O5/c1-20-12-7-6-9(8-16)14(12)13(17)10-4-2-3-5-11(10)15(18)19/h2-5,9,12,16H,6-8H2,1H3/t9-,12-/m0/s1. The van der Waals surface area contributed by atoms with Crippen molar-refractivity contribution in [3.63, 3.8) is 0 Å². The number of carbonyl (C=O) groups is 1. The fraction of sp³-hybridized carbons (Fsp3) is 0.462. The molecule has 1 aromatic rings. The van der Waals surface area contributed by atoms with Crippen LogP contribution in [0.1, 0.15) is 23.2 Å². The summed E-state index contributed by atoms with van der Waals surface area (Å²) < 4.78 is 5.22. The van der Waals surface area contributed by atoms with Crippen molar-refractivity contribution in [1.82, 2.24) is 4.90 Å². The van der Waals surface area contributed by atoms with Crippen LogP contribution in [0, 0.1) is 10.1 Å². The highest BCUT2D eigenvalue weighted by atomic mass is 16.6. The number of benzene rings is 1. The zero-order valence-corrected chi connectivity index (χ0v) is 11.1. The Hall–Kier alpha value is -1.99. The number of nitrogens with zero attached hydrogens (tertiary/aromatic N) is 2. The third-order valence-electron chi connectivity index (χ3n) is 3.50. The van der Waals surface area contributed by atoms with Gasteiger partial charge in [0.15, 0.2) is 0 Å². The number of likely N-dealkylation sites (tertiary alicyclic amines) is 1. The fourth-order valence-electron chi connectivity index (χ4n) is 2.51. The van der Waals surface area contributed by atoms with Crippen LogP contribution in [0.15, 0.2) is 24.3 Å². The molecule has 1 aromatic carbocycles. The van der Waals surface area contributed by atoms with Crippen LogP contribution in [0.4, 0.5) is 5.69 Å². The predicted octanol–water partition coefficient (Wildman–Crippen LogP) is 1.16. The minimum absolute atomic E-state index is 0.0138. The molecule has 1 amide bonds. The number of nitro groups is 1. The van der Waals surface area contributed by atoms with E-state index in [1.54, 1.807) is 6.07 Å². The van der Waals surface area contributed by atoms with Crippen molar-refractivity contribution in [3.8, 4) is 0 Å². The zero-order valence-electron chi connectivity index (χ0n) is 11.1. The van der Waals surface area contributed by atoms with Gasteiger partial charge in [-0.2, -0.15) is 0 Å². The second-order valence-corrected chi connectivity index (χ2v) is 4.59. The summed E-state index contributed by atoms with van der Waals surface area (Å²) >= 11 is 0. The highest BCUT2D eigenvalue weighted by Crippen LogP contribution is 2.29. The van der Waals surface area contributed by atoms with E-state index in [4.69, 9.17) is 4.74 Å². The zero-order chi connectivity index (χ0) is 14.7. The monoisotopic (exact) mass is 280 g/mol. The minimum Gasteiger partial charge on any atom is -0.394 e. The summed E-state index contributed by atoms with van der Waals surface area (Å²) in [6, 6.07) is 5.42. The van der Waals surface area contributed by atoms with Crippen molar-refractivity contribution in [2.24, 2.45) is 0 Å². The Morgan fingerprint density at radius 2 is 2.20 bits per heavy atom. The molecule has 0 bridgehead atoms. The molecule has 0 saturated carbocycles. The Labute approximate surface area is 115 Å². The Kier molecular flexibility index (Phi) is 4.31. The second kappa shape index (κ2) is 5.98. The summed E-state index contributed by atoms with van der Waals surface area (Å²) in [6.07, 6.45) is 0.759. The Morgan fingerprint density at radius 1 is 1.50 bits per heavy atom. The molecule has 0 radical (unpaired) electrons. The highest BCUT2D eigenvalue weighted by molar-refractivity contribution is 5.98. The van der Waals surface area contributed by atoms with Gasteiger partial charge in [0.1, 0.15) is 11.8 Å². The van der Waals surface area contributed by atoms with Crippen molar-refractivity contribution < 1.29 is 19.6 Å². The average Bonchev–Trinajstić information content (AvgIpc) is 2.89. The summed E-state index contributed by atoms with van der Waals surface area (Å²) in [5, 5.41) is 20.3. The van der Waals surface area contributed by atoms with Gasteiger partial charge in [0.2, 0.25) is 0 Å². The summed E-state index contributed by atoms with van der Waals surface area (Å²) in [7, 11) is 1.48. The van der Waals surface area contributed by atoms with Crippen molar-refractivity contribution in [1.29, 1.82) is 0 Å². The molecule has 1 saturated heterocycles. The Balaban J connectivity index is 2.37. The first-order valence-corrected chi connectivity index (χ1v) is 6.30. The van der Waals surface area contributed by atoms with E-state index in [-0.39, 0.29) is 23.9 Å². The van der Waals surface area contributed by atoms with Gasteiger partial charge in [-0.1, -0.05) is 12.1 Å². The first-order chi connectivity index (χ1) is 9.60. The molecule has 0 unspecified atom stereocenters. The highest BCUT2D eigenvalue weighted by Gasteiger charge is 2.38. The molecule has 2 rings (SSSR count). The molecular weight excluding hydrogens is 264 g/mol. The molecule has 0 aliphatic carbocycles. The fourth-order valence-corrected chi connectivity index (χ4v) is 2.51. The van der Waals surface area contributed by atoms with Crippen LogP contribution in [0.2, 0.25) is 0 Å². The molecule has 1 heterocycles. The molecule has 1 fully saturated rings. The number of rotatable bonds is 4. The van der Waals surface area contributed by atoms with E-state index in [1.165, 1.54) is 30.2 Å². The third-order valence-corrected chi connectivity index (χ3v) is 3.50. The number of amides is 1. The van der Waals surface area contributed by atoms with E-state index in [0.717, 1.165) is 0 Å². The first kappa shape index (κ1) is 14.4. The van der Waals surface area contributed by atoms with Crippen LogP contribution in [0.25, 0.3) is 0 Å². The van der Waals surface area contributed by atoms with E-state index >= 15 is 0 Å². The maximum atomic E-state index is 12.5. The van der Waals surface area contributed by atoms with Crippen LogP contribution in [0.3, 0.4) is 0 Å². The quantitative estimate of drug-likeness (QED) is 0.660. The smallest absolute Gasteiger partial charge is 0.282 e. The lowest BCUT2D eigenvalue weighted by atomic mass is 10.1. The Morgan fingerprint density at radius 3 is 2.80 bits per heavy atom. The van der Waals surface area contributed by atoms with E-state index in [0.29, 0.717) is 12.8 Å².